The van der Waals surface area contributed by atoms with E-state index < -0.39 is 11.4 Å². The molecule has 0 bridgehead atoms. The molecule has 0 amide bonds. The maximum atomic E-state index is 12.4. The van der Waals surface area contributed by atoms with Crippen LogP contribution < -0.4 is 11.4 Å². The zero-order chi connectivity index (χ0) is 16.6. The molecule has 0 saturated heterocycles. The fourth-order valence-electron chi connectivity index (χ4n) is 2.22. The Hall–Kier alpha value is -2.83. The summed E-state index contributed by atoms with van der Waals surface area (Å²) in [5, 5.41) is 2.53. The molecule has 7 heteroatoms. The zero-order valence-electron chi connectivity index (χ0n) is 13.2. The molecule has 0 aliphatic carbocycles. The molecule has 120 valence electrons. The van der Waals surface area contributed by atoms with Crippen LogP contribution in [0, 0.1) is 0 Å². The van der Waals surface area contributed by atoms with Gasteiger partial charge >= 0.3 is 11.4 Å². The molecule has 0 saturated carbocycles. The van der Waals surface area contributed by atoms with Crippen molar-refractivity contribution in [2.24, 2.45) is 0 Å². The summed E-state index contributed by atoms with van der Waals surface area (Å²) < 4.78 is 7.95. The number of nitrogens with one attached hydrogen (secondary N) is 1. The Kier molecular flexibility index (Phi) is 3.55. The fourth-order valence-corrected chi connectivity index (χ4v) is 2.22. The number of nitrogens with zero attached hydrogens (tertiary/aromatic N) is 3. The number of benzene rings is 1. The van der Waals surface area contributed by atoms with Crippen LogP contribution in [-0.4, -0.2) is 19.3 Å². The van der Waals surface area contributed by atoms with Crippen LogP contribution in [0.15, 0.2) is 50.5 Å². The van der Waals surface area contributed by atoms with Gasteiger partial charge in [-0.1, -0.05) is 39.0 Å². The van der Waals surface area contributed by atoms with E-state index in [9.17, 15) is 9.59 Å². The average Bonchev–Trinajstić information content (AvgIpc) is 3.06. The average molecular weight is 314 g/mol. The zero-order valence-corrected chi connectivity index (χ0v) is 13.2. The van der Waals surface area contributed by atoms with Crippen LogP contribution in [0.2, 0.25) is 0 Å². The molecule has 7 nitrogen and oxygen atoms in total. The van der Waals surface area contributed by atoms with Crippen molar-refractivity contribution in [3.8, 4) is 5.69 Å². The Morgan fingerprint density at radius 3 is 2.48 bits per heavy atom. The van der Waals surface area contributed by atoms with Gasteiger partial charge < -0.3 is 4.42 Å². The molecule has 0 radical (unpaired) electrons. The van der Waals surface area contributed by atoms with Crippen molar-refractivity contribution in [2.75, 3.05) is 0 Å². The van der Waals surface area contributed by atoms with Gasteiger partial charge in [-0.2, -0.15) is 0 Å². The van der Waals surface area contributed by atoms with Gasteiger partial charge in [0.15, 0.2) is 5.89 Å². The molecular weight excluding hydrogens is 296 g/mol. The summed E-state index contributed by atoms with van der Waals surface area (Å²) in [4.78, 5) is 28.7. The maximum Gasteiger partial charge on any atom is 0.352 e. The molecule has 3 aromatic rings. The molecular formula is C16H18N4O3. The molecule has 2 aromatic heterocycles. The minimum atomic E-state index is -0.489. The second-order valence-corrected chi connectivity index (χ2v) is 6.34. The predicted octanol–water partition coefficient (Wildman–Crippen LogP) is 1.66. The quantitative estimate of drug-likeness (QED) is 0.796. The Bertz CT molecular complexity index is 923. The number of oxazole rings is 1. The van der Waals surface area contributed by atoms with Crippen molar-refractivity contribution < 1.29 is 4.42 Å². The Labute approximate surface area is 132 Å². The minimum absolute atomic E-state index is 0.122. The smallest absolute Gasteiger partial charge is 0.352 e. The van der Waals surface area contributed by atoms with E-state index in [0.29, 0.717) is 17.3 Å². The molecule has 0 aliphatic rings. The summed E-state index contributed by atoms with van der Waals surface area (Å²) >= 11 is 0. The number of H-pyrrole nitrogens is 1. The Morgan fingerprint density at radius 2 is 1.87 bits per heavy atom. The molecule has 0 fully saturated rings. The first-order valence-electron chi connectivity index (χ1n) is 7.29. The first-order chi connectivity index (χ1) is 10.9. The number of hydrogen-bond acceptors (Lipinski definition) is 4. The first kappa shape index (κ1) is 15.1. The van der Waals surface area contributed by atoms with Crippen molar-refractivity contribution in [1.82, 2.24) is 19.3 Å². The molecule has 1 aromatic carbocycles. The molecule has 0 atom stereocenters. The fraction of sp³-hybridized carbons (Fsp3) is 0.312. The number of para-hydroxylation sites is 1. The predicted molar refractivity (Wildman–Crippen MR) is 85.0 cm³/mol. The van der Waals surface area contributed by atoms with Crippen LogP contribution >= 0.6 is 0 Å². The molecule has 2 heterocycles. The van der Waals surface area contributed by atoms with E-state index >= 15 is 0 Å². The van der Waals surface area contributed by atoms with E-state index in [4.69, 9.17) is 4.42 Å². The third-order valence-corrected chi connectivity index (χ3v) is 3.38. The topological polar surface area (TPSA) is 85.8 Å². The van der Waals surface area contributed by atoms with Gasteiger partial charge in [0, 0.05) is 5.41 Å². The third-order valence-electron chi connectivity index (χ3n) is 3.38. The second kappa shape index (κ2) is 5.42. The Morgan fingerprint density at radius 1 is 1.17 bits per heavy atom. The van der Waals surface area contributed by atoms with Crippen LogP contribution in [0.25, 0.3) is 5.69 Å². The van der Waals surface area contributed by atoms with Crippen LogP contribution in [0.3, 0.4) is 0 Å². The maximum absolute atomic E-state index is 12.4. The van der Waals surface area contributed by atoms with Crippen molar-refractivity contribution in [1.29, 1.82) is 0 Å². The van der Waals surface area contributed by atoms with E-state index in [1.807, 2.05) is 26.8 Å². The lowest BCUT2D eigenvalue weighted by atomic mass is 9.97. The van der Waals surface area contributed by atoms with E-state index in [2.05, 4.69) is 10.1 Å². The minimum Gasteiger partial charge on any atom is -0.443 e. The number of aromatic nitrogens is 4. The molecule has 0 aliphatic heterocycles. The molecule has 0 unspecified atom stereocenters. The van der Waals surface area contributed by atoms with Crippen molar-refractivity contribution in [2.45, 2.75) is 32.7 Å². The van der Waals surface area contributed by atoms with Gasteiger partial charge in [-0.15, -0.1) is 0 Å². The van der Waals surface area contributed by atoms with Crippen LogP contribution in [-0.2, 0) is 12.0 Å². The van der Waals surface area contributed by atoms with Gasteiger partial charge in [-0.25, -0.2) is 28.9 Å². The van der Waals surface area contributed by atoms with E-state index in [-0.39, 0.29) is 12.0 Å². The lowest BCUT2D eigenvalue weighted by Crippen LogP contribution is -2.27. The highest BCUT2D eigenvalue weighted by Crippen LogP contribution is 2.21. The van der Waals surface area contributed by atoms with E-state index in [1.165, 1.54) is 4.68 Å². The van der Waals surface area contributed by atoms with Gasteiger partial charge in [0.05, 0.1) is 11.9 Å². The normalized spacial score (nSPS) is 11.8. The monoisotopic (exact) mass is 314 g/mol. The summed E-state index contributed by atoms with van der Waals surface area (Å²) in [6.45, 7) is 6.09. The molecule has 23 heavy (non-hydrogen) atoms. The van der Waals surface area contributed by atoms with E-state index in [1.54, 1.807) is 30.5 Å². The van der Waals surface area contributed by atoms with Crippen molar-refractivity contribution in [3.63, 3.8) is 0 Å². The SMILES string of the molecule is CC(C)(C)c1ncc(Cn2[nH]c(=O)n(-c3ccccc3)c2=O)o1. The van der Waals surface area contributed by atoms with Crippen LogP contribution in [0.1, 0.15) is 32.4 Å². The van der Waals surface area contributed by atoms with Gasteiger partial charge in [-0.3, -0.25) is 0 Å². The van der Waals surface area contributed by atoms with Gasteiger partial charge in [-0.05, 0) is 12.1 Å². The van der Waals surface area contributed by atoms with Crippen molar-refractivity contribution >= 4 is 0 Å². The highest BCUT2D eigenvalue weighted by atomic mass is 16.4. The summed E-state index contributed by atoms with van der Waals surface area (Å²) in [6.07, 6.45) is 1.57. The summed E-state index contributed by atoms with van der Waals surface area (Å²) in [5.41, 5.74) is -0.635. The molecule has 3 rings (SSSR count). The van der Waals surface area contributed by atoms with Gasteiger partial charge in [0.1, 0.15) is 12.3 Å². The van der Waals surface area contributed by atoms with E-state index in [0.717, 1.165) is 4.57 Å². The first-order valence-corrected chi connectivity index (χ1v) is 7.29. The van der Waals surface area contributed by atoms with Gasteiger partial charge in [0.25, 0.3) is 0 Å². The molecule has 0 spiro atoms. The lowest BCUT2D eigenvalue weighted by molar-refractivity contribution is 0.364. The summed E-state index contributed by atoms with van der Waals surface area (Å²) in [7, 11) is 0. The van der Waals surface area contributed by atoms with Crippen molar-refractivity contribution in [3.05, 3.63) is 69.1 Å². The number of aromatic amines is 1. The summed E-state index contributed by atoms with van der Waals surface area (Å²) in [5.74, 6) is 1.10. The standard InChI is InChI=1S/C16H18N4O3/c1-16(2,3)13-17-9-12(23-13)10-19-15(22)20(14(21)18-19)11-7-5-4-6-8-11/h4-9H,10H2,1-3H3,(H,18,21). The molecule has 1 N–H and O–H groups in total. The number of hydrogen-bond donors (Lipinski definition) is 1. The second-order valence-electron chi connectivity index (χ2n) is 6.34. The summed E-state index contributed by atoms with van der Waals surface area (Å²) in [6, 6.07) is 8.76. The largest absolute Gasteiger partial charge is 0.443 e. The van der Waals surface area contributed by atoms with Crippen LogP contribution in [0.5, 0.6) is 0 Å². The van der Waals surface area contributed by atoms with Gasteiger partial charge in [0.2, 0.25) is 0 Å². The Balaban J connectivity index is 1.95. The van der Waals surface area contributed by atoms with Crippen LogP contribution in [0.4, 0.5) is 0 Å². The number of rotatable bonds is 3. The highest BCUT2D eigenvalue weighted by Gasteiger charge is 2.21. The highest BCUT2D eigenvalue weighted by molar-refractivity contribution is 5.30. The third kappa shape index (κ3) is 2.90. The lowest BCUT2D eigenvalue weighted by Gasteiger charge is -2.12.